The molecule has 9 heteroatoms. The monoisotopic (exact) mass is 537 g/mol. The Labute approximate surface area is 224 Å². The maximum atomic E-state index is 13.8. The molecule has 2 aliphatic carbocycles. The Bertz CT molecular complexity index is 1390. The highest BCUT2D eigenvalue weighted by atomic mass is 19.3. The molecule has 2 aliphatic heterocycles. The Morgan fingerprint density at radius 1 is 1.08 bits per heavy atom. The summed E-state index contributed by atoms with van der Waals surface area (Å²) < 4.78 is 42.2. The summed E-state index contributed by atoms with van der Waals surface area (Å²) in [6, 6.07) is 11.2. The van der Waals surface area contributed by atoms with Crippen LogP contribution in [0.25, 0.3) is 0 Å². The van der Waals surface area contributed by atoms with Gasteiger partial charge in [0.05, 0.1) is 0 Å². The van der Waals surface area contributed by atoms with Crippen LogP contribution in [-0.4, -0.2) is 35.0 Å². The van der Waals surface area contributed by atoms with Crippen LogP contribution in [0, 0.1) is 5.92 Å². The molecule has 2 aromatic carbocycles. The number of ketones is 1. The molecule has 0 saturated heterocycles. The smallest absolute Gasteiger partial charge is 0.508 e. The molecule has 4 aliphatic rings. The molecule has 3 atom stereocenters. The number of Topliss-reactive ketones (excluding diaryl/α,β-unsaturated/α-hetero) is 1. The first-order chi connectivity index (χ1) is 18.7. The predicted octanol–water partition coefficient (Wildman–Crippen LogP) is 6.16. The Morgan fingerprint density at radius 2 is 1.85 bits per heavy atom. The quantitative estimate of drug-likeness (QED) is 0.459. The molecule has 0 bridgehead atoms. The summed E-state index contributed by atoms with van der Waals surface area (Å²) >= 11 is 0. The predicted molar refractivity (Wildman–Crippen MR) is 137 cm³/mol. The zero-order valence-electron chi connectivity index (χ0n) is 21.5. The van der Waals surface area contributed by atoms with Crippen LogP contribution in [0.5, 0.6) is 17.2 Å². The van der Waals surface area contributed by atoms with Gasteiger partial charge < -0.3 is 19.3 Å². The lowest BCUT2D eigenvalue weighted by Crippen LogP contribution is -2.39. The number of halogens is 2. The topological polar surface area (TPSA) is 94.4 Å². The van der Waals surface area contributed by atoms with Crippen molar-refractivity contribution in [2.24, 2.45) is 10.9 Å². The third-order valence-corrected chi connectivity index (χ3v) is 8.09. The number of esters is 1. The fraction of sp³-hybridized carbons (Fsp3) is 0.433. The standard InChI is InChI=1S/C30H29F2NO6/c1-2-21-28(29(36)37-20-8-3-4-9-20)26(17-6-5-7-19(34)12-17)27-22(33-21)13-18(14-23(27)35)16-10-11-24-25(15-16)39-30(31,32)38-24/h5-7,10-12,15,18,20,26,28,34H,2-4,8-9,13-14H2,1H3. The summed E-state index contributed by atoms with van der Waals surface area (Å²) in [7, 11) is 0. The molecule has 1 saturated carbocycles. The van der Waals surface area contributed by atoms with Gasteiger partial charge in [-0.15, -0.1) is 8.78 Å². The Kier molecular flexibility index (Phi) is 6.40. The van der Waals surface area contributed by atoms with Crippen molar-refractivity contribution in [3.05, 3.63) is 64.9 Å². The molecule has 0 radical (unpaired) electrons. The zero-order chi connectivity index (χ0) is 27.3. The molecule has 7 nitrogen and oxygen atoms in total. The average Bonchev–Trinajstić information content (AvgIpc) is 3.52. The SMILES string of the molecule is CCC1=NC2=C(C(=O)CC(c3ccc4c(c3)OC(F)(F)O4)C2)C(c2cccc(O)c2)C1C(=O)OC1CCCC1. The molecule has 2 heterocycles. The maximum absolute atomic E-state index is 13.8. The van der Waals surface area contributed by atoms with Crippen LogP contribution in [0.3, 0.4) is 0 Å². The number of aromatic hydroxyl groups is 1. The second kappa shape index (κ2) is 9.77. The normalized spacial score (nSPS) is 25.9. The highest BCUT2D eigenvalue weighted by Gasteiger charge is 2.47. The van der Waals surface area contributed by atoms with E-state index in [0.717, 1.165) is 25.7 Å². The minimum absolute atomic E-state index is 0.0383. The van der Waals surface area contributed by atoms with Gasteiger partial charge >= 0.3 is 12.3 Å². The fourth-order valence-electron chi connectivity index (χ4n) is 6.32. The third-order valence-electron chi connectivity index (χ3n) is 8.09. The van der Waals surface area contributed by atoms with Gasteiger partial charge in [-0.25, -0.2) is 0 Å². The van der Waals surface area contributed by atoms with E-state index in [9.17, 15) is 23.5 Å². The Morgan fingerprint density at radius 3 is 2.59 bits per heavy atom. The van der Waals surface area contributed by atoms with E-state index in [2.05, 4.69) is 9.47 Å². The molecule has 2 aromatic rings. The number of alkyl halides is 2. The Balaban J connectivity index is 1.38. The van der Waals surface area contributed by atoms with Gasteiger partial charge in [-0.3, -0.25) is 14.6 Å². The van der Waals surface area contributed by atoms with E-state index in [1.807, 2.05) is 6.92 Å². The molecule has 3 unspecified atom stereocenters. The molecule has 1 N–H and O–H groups in total. The zero-order valence-corrected chi connectivity index (χ0v) is 21.5. The van der Waals surface area contributed by atoms with E-state index < -0.39 is 24.1 Å². The second-order valence-electron chi connectivity index (χ2n) is 10.6. The number of ether oxygens (including phenoxy) is 3. The number of carbonyl (C=O) groups excluding carboxylic acids is 2. The highest BCUT2D eigenvalue weighted by Crippen LogP contribution is 2.49. The molecule has 0 amide bonds. The van der Waals surface area contributed by atoms with Crippen molar-refractivity contribution in [3.63, 3.8) is 0 Å². The van der Waals surface area contributed by atoms with Crippen LogP contribution >= 0.6 is 0 Å². The van der Waals surface area contributed by atoms with E-state index in [0.29, 0.717) is 41.0 Å². The van der Waals surface area contributed by atoms with Crippen LogP contribution in [0.4, 0.5) is 8.78 Å². The first-order valence-electron chi connectivity index (χ1n) is 13.5. The van der Waals surface area contributed by atoms with E-state index in [-0.39, 0.29) is 41.5 Å². The van der Waals surface area contributed by atoms with E-state index in [4.69, 9.17) is 9.73 Å². The Hall–Kier alpha value is -3.75. The molecule has 204 valence electrons. The van der Waals surface area contributed by atoms with Gasteiger partial charge in [0, 0.05) is 29.3 Å². The van der Waals surface area contributed by atoms with E-state index in [1.165, 1.54) is 12.1 Å². The number of phenolic OH excluding ortho intramolecular Hbond substituents is 1. The minimum atomic E-state index is -3.72. The fourth-order valence-corrected chi connectivity index (χ4v) is 6.32. The van der Waals surface area contributed by atoms with Gasteiger partial charge in [-0.05, 0) is 79.8 Å². The van der Waals surface area contributed by atoms with Crippen molar-refractivity contribution in [1.82, 2.24) is 0 Å². The lowest BCUT2D eigenvalue weighted by molar-refractivity contribution is -0.286. The molecular weight excluding hydrogens is 508 g/mol. The minimum Gasteiger partial charge on any atom is -0.508 e. The molecule has 1 fully saturated rings. The molecule has 0 aromatic heterocycles. The van der Waals surface area contributed by atoms with Crippen LogP contribution in [-0.2, 0) is 14.3 Å². The number of fused-ring (bicyclic) bond motifs is 1. The largest absolute Gasteiger partial charge is 0.586 e. The van der Waals surface area contributed by atoms with Gasteiger partial charge in [0.2, 0.25) is 0 Å². The van der Waals surface area contributed by atoms with Gasteiger partial charge in [-0.2, -0.15) is 0 Å². The number of allylic oxidation sites excluding steroid dienone is 2. The number of benzene rings is 2. The average molecular weight is 538 g/mol. The molecule has 6 rings (SSSR count). The first kappa shape index (κ1) is 25.5. The van der Waals surface area contributed by atoms with Crippen molar-refractivity contribution in [3.8, 4) is 17.2 Å². The van der Waals surface area contributed by atoms with Crippen molar-refractivity contribution in [2.45, 2.75) is 76.1 Å². The summed E-state index contributed by atoms with van der Waals surface area (Å²) in [5.41, 5.74) is 2.97. The van der Waals surface area contributed by atoms with Gasteiger partial charge in [-0.1, -0.05) is 25.1 Å². The number of nitrogens with zero attached hydrogens (tertiary/aromatic N) is 1. The molecular formula is C30H29F2NO6. The van der Waals surface area contributed by atoms with E-state index >= 15 is 0 Å². The summed E-state index contributed by atoms with van der Waals surface area (Å²) in [4.78, 5) is 32.3. The van der Waals surface area contributed by atoms with Gasteiger partial charge in [0.1, 0.15) is 17.8 Å². The number of rotatable bonds is 5. The number of hydrogen-bond donors (Lipinski definition) is 1. The lowest BCUT2D eigenvalue weighted by Gasteiger charge is -2.37. The van der Waals surface area contributed by atoms with Crippen LogP contribution in [0.1, 0.15) is 74.8 Å². The summed E-state index contributed by atoms with van der Waals surface area (Å²) in [6.45, 7) is 1.92. The van der Waals surface area contributed by atoms with E-state index in [1.54, 1.807) is 30.3 Å². The number of carbonyl (C=O) groups is 2. The highest BCUT2D eigenvalue weighted by molar-refractivity contribution is 6.09. The van der Waals surface area contributed by atoms with Crippen molar-refractivity contribution in [1.29, 1.82) is 0 Å². The second-order valence-corrected chi connectivity index (χ2v) is 10.6. The first-order valence-corrected chi connectivity index (χ1v) is 13.5. The molecule has 0 spiro atoms. The van der Waals surface area contributed by atoms with Crippen molar-refractivity contribution in [2.75, 3.05) is 0 Å². The summed E-state index contributed by atoms with van der Waals surface area (Å²) in [6.07, 6.45) is 0.800. The van der Waals surface area contributed by atoms with Crippen LogP contribution < -0.4 is 9.47 Å². The summed E-state index contributed by atoms with van der Waals surface area (Å²) in [5.74, 6) is -2.38. The van der Waals surface area contributed by atoms with Gasteiger partial charge in [0.25, 0.3) is 0 Å². The van der Waals surface area contributed by atoms with Crippen LogP contribution in [0.15, 0.2) is 58.7 Å². The van der Waals surface area contributed by atoms with Crippen LogP contribution in [0.2, 0.25) is 0 Å². The number of aliphatic imine (C=N–C) groups is 1. The van der Waals surface area contributed by atoms with Gasteiger partial charge in [0.15, 0.2) is 17.3 Å². The van der Waals surface area contributed by atoms with Crippen molar-refractivity contribution < 1.29 is 37.7 Å². The third kappa shape index (κ3) is 4.79. The number of hydrogen-bond acceptors (Lipinski definition) is 7. The molecule has 39 heavy (non-hydrogen) atoms. The summed E-state index contributed by atoms with van der Waals surface area (Å²) in [5, 5.41) is 10.3. The maximum Gasteiger partial charge on any atom is 0.586 e. The lowest BCUT2D eigenvalue weighted by atomic mass is 9.68. The van der Waals surface area contributed by atoms with Crippen molar-refractivity contribution >= 4 is 17.5 Å². The number of phenols is 1.